The Balaban J connectivity index is 2.06. The number of ether oxygens (including phenoxy) is 2. The van der Waals surface area contributed by atoms with Gasteiger partial charge in [-0.15, -0.1) is 0 Å². The number of nitrogens with zero attached hydrogens (tertiary/aromatic N) is 3. The van der Waals surface area contributed by atoms with E-state index in [1.165, 1.54) is 12.1 Å². The Labute approximate surface area is 173 Å². The van der Waals surface area contributed by atoms with Crippen molar-refractivity contribution >= 4 is 11.6 Å². The van der Waals surface area contributed by atoms with Crippen LogP contribution >= 0.6 is 0 Å². The standard InChI is InChI=1S/C21H22N4O5/c1-13-17(6-5-7-18(13)25(27)28)21(26)23-19(20-22-8-9-24(20)2)14-10-15(29-3)12-16(11-14)30-4/h5-12,19H,1-4H3,(H,23,26). The molecule has 1 heterocycles. The second kappa shape index (κ2) is 8.64. The van der Waals surface area contributed by atoms with Crippen LogP contribution in [0.3, 0.4) is 0 Å². The van der Waals surface area contributed by atoms with E-state index in [9.17, 15) is 14.9 Å². The molecule has 1 amide bonds. The highest BCUT2D eigenvalue weighted by Crippen LogP contribution is 2.30. The fourth-order valence-electron chi connectivity index (χ4n) is 3.22. The van der Waals surface area contributed by atoms with Gasteiger partial charge in [-0.2, -0.15) is 0 Å². The van der Waals surface area contributed by atoms with Crippen molar-refractivity contribution in [3.8, 4) is 11.5 Å². The lowest BCUT2D eigenvalue weighted by Crippen LogP contribution is -2.31. The number of aromatic nitrogens is 2. The van der Waals surface area contributed by atoms with E-state index in [1.807, 2.05) is 7.05 Å². The molecule has 1 aromatic heterocycles. The van der Waals surface area contributed by atoms with Gasteiger partial charge in [0.05, 0.1) is 19.1 Å². The molecule has 0 bridgehead atoms. The Morgan fingerprint density at radius 1 is 1.20 bits per heavy atom. The average molecular weight is 410 g/mol. The third-order valence-corrected chi connectivity index (χ3v) is 4.85. The third kappa shape index (κ3) is 4.09. The first-order chi connectivity index (χ1) is 14.3. The molecule has 0 fully saturated rings. The van der Waals surface area contributed by atoms with Gasteiger partial charge in [-0.1, -0.05) is 6.07 Å². The van der Waals surface area contributed by atoms with Crippen LogP contribution in [0.2, 0.25) is 0 Å². The van der Waals surface area contributed by atoms with E-state index in [0.717, 1.165) is 0 Å². The number of carbonyl (C=O) groups is 1. The molecule has 9 nitrogen and oxygen atoms in total. The van der Waals surface area contributed by atoms with Crippen molar-refractivity contribution in [2.45, 2.75) is 13.0 Å². The fourth-order valence-corrected chi connectivity index (χ4v) is 3.22. The highest BCUT2D eigenvalue weighted by atomic mass is 16.6. The van der Waals surface area contributed by atoms with E-state index in [-0.39, 0.29) is 11.3 Å². The van der Waals surface area contributed by atoms with Gasteiger partial charge in [-0.3, -0.25) is 14.9 Å². The first-order valence-electron chi connectivity index (χ1n) is 9.10. The number of nitrogens with one attached hydrogen (secondary N) is 1. The number of imidazole rings is 1. The Hall–Kier alpha value is -3.88. The van der Waals surface area contributed by atoms with Crippen LogP contribution in [0.1, 0.15) is 33.4 Å². The predicted molar refractivity (Wildman–Crippen MR) is 110 cm³/mol. The molecule has 1 unspecified atom stereocenters. The number of methoxy groups -OCH3 is 2. The highest BCUT2D eigenvalue weighted by molar-refractivity contribution is 5.97. The number of amides is 1. The van der Waals surface area contributed by atoms with Gasteiger partial charge in [0.2, 0.25) is 0 Å². The van der Waals surface area contributed by atoms with Crippen molar-refractivity contribution in [1.29, 1.82) is 0 Å². The molecule has 2 aromatic carbocycles. The van der Waals surface area contributed by atoms with Crippen LogP contribution in [0.15, 0.2) is 48.8 Å². The summed E-state index contributed by atoms with van der Waals surface area (Å²) in [7, 11) is 4.90. The quantitative estimate of drug-likeness (QED) is 0.473. The molecule has 1 atom stereocenters. The first kappa shape index (κ1) is 20.8. The largest absolute Gasteiger partial charge is 0.497 e. The van der Waals surface area contributed by atoms with Gasteiger partial charge in [0.25, 0.3) is 11.6 Å². The van der Waals surface area contributed by atoms with Crippen molar-refractivity contribution in [3.05, 3.63) is 81.4 Å². The number of benzene rings is 2. The molecular formula is C21H22N4O5. The number of carbonyl (C=O) groups excluding carboxylic acids is 1. The van der Waals surface area contributed by atoms with E-state index in [0.29, 0.717) is 28.5 Å². The molecule has 0 aliphatic heterocycles. The summed E-state index contributed by atoms with van der Waals surface area (Å²) in [6, 6.07) is 9.07. The Bertz CT molecular complexity index is 1070. The Morgan fingerprint density at radius 3 is 2.40 bits per heavy atom. The van der Waals surface area contributed by atoms with Crippen LogP contribution < -0.4 is 14.8 Å². The lowest BCUT2D eigenvalue weighted by atomic mass is 10.0. The molecule has 0 aliphatic rings. The molecule has 3 aromatic rings. The van der Waals surface area contributed by atoms with E-state index in [4.69, 9.17) is 9.47 Å². The van der Waals surface area contributed by atoms with Crippen molar-refractivity contribution in [2.24, 2.45) is 7.05 Å². The number of nitro groups is 1. The summed E-state index contributed by atoms with van der Waals surface area (Å²) in [6.07, 6.45) is 3.40. The zero-order chi connectivity index (χ0) is 21.8. The van der Waals surface area contributed by atoms with Crippen molar-refractivity contribution < 1.29 is 19.2 Å². The first-order valence-corrected chi connectivity index (χ1v) is 9.10. The topological polar surface area (TPSA) is 109 Å². The molecule has 0 saturated heterocycles. The molecule has 0 radical (unpaired) electrons. The van der Waals surface area contributed by atoms with Gasteiger partial charge in [0.15, 0.2) is 0 Å². The number of hydrogen-bond donors (Lipinski definition) is 1. The molecule has 1 N–H and O–H groups in total. The van der Waals surface area contributed by atoms with Crippen LogP contribution in [0.5, 0.6) is 11.5 Å². The molecular weight excluding hydrogens is 388 g/mol. The number of aryl methyl sites for hydroxylation is 1. The molecule has 0 saturated carbocycles. The normalized spacial score (nSPS) is 11.6. The summed E-state index contributed by atoms with van der Waals surface area (Å²) < 4.78 is 12.5. The van der Waals surface area contributed by atoms with E-state index >= 15 is 0 Å². The zero-order valence-electron chi connectivity index (χ0n) is 17.1. The summed E-state index contributed by atoms with van der Waals surface area (Å²) in [4.78, 5) is 28.2. The van der Waals surface area contributed by atoms with Gasteiger partial charge in [-0.05, 0) is 30.7 Å². The maximum absolute atomic E-state index is 13.1. The van der Waals surface area contributed by atoms with Gasteiger partial charge in [0.1, 0.15) is 23.4 Å². The smallest absolute Gasteiger partial charge is 0.273 e. The monoisotopic (exact) mass is 410 g/mol. The van der Waals surface area contributed by atoms with E-state index in [2.05, 4.69) is 10.3 Å². The van der Waals surface area contributed by atoms with E-state index in [1.54, 1.807) is 62.4 Å². The maximum Gasteiger partial charge on any atom is 0.273 e. The van der Waals surface area contributed by atoms with E-state index < -0.39 is 16.9 Å². The van der Waals surface area contributed by atoms with Gasteiger partial charge >= 0.3 is 0 Å². The second-order valence-electron chi connectivity index (χ2n) is 6.66. The summed E-state index contributed by atoms with van der Waals surface area (Å²) in [6.45, 7) is 1.55. The zero-order valence-corrected chi connectivity index (χ0v) is 17.1. The fraction of sp³-hybridized carbons (Fsp3) is 0.238. The summed E-state index contributed by atoms with van der Waals surface area (Å²) in [5, 5.41) is 14.2. The lowest BCUT2D eigenvalue weighted by molar-refractivity contribution is -0.385. The number of rotatable bonds is 7. The average Bonchev–Trinajstić information content (AvgIpc) is 3.16. The Morgan fingerprint density at radius 2 is 1.87 bits per heavy atom. The van der Waals surface area contributed by atoms with Gasteiger partial charge < -0.3 is 19.4 Å². The summed E-state index contributed by atoms with van der Waals surface area (Å²) in [5.74, 6) is 1.25. The predicted octanol–water partition coefficient (Wildman–Crippen LogP) is 3.17. The minimum atomic E-state index is -0.639. The minimum absolute atomic E-state index is 0.112. The van der Waals surface area contributed by atoms with Gasteiger partial charge in [0, 0.05) is 42.7 Å². The number of hydrogen-bond acceptors (Lipinski definition) is 6. The minimum Gasteiger partial charge on any atom is -0.497 e. The van der Waals surface area contributed by atoms with Crippen LogP contribution in [-0.2, 0) is 7.05 Å². The molecule has 9 heteroatoms. The number of nitro benzene ring substituents is 1. The Kier molecular flexibility index (Phi) is 6.01. The summed E-state index contributed by atoms with van der Waals surface area (Å²) in [5.41, 5.74) is 1.09. The van der Waals surface area contributed by atoms with Crippen molar-refractivity contribution in [1.82, 2.24) is 14.9 Å². The highest BCUT2D eigenvalue weighted by Gasteiger charge is 2.25. The molecule has 30 heavy (non-hydrogen) atoms. The summed E-state index contributed by atoms with van der Waals surface area (Å²) >= 11 is 0. The molecule has 156 valence electrons. The molecule has 0 aliphatic carbocycles. The molecule has 0 spiro atoms. The second-order valence-corrected chi connectivity index (χ2v) is 6.66. The van der Waals surface area contributed by atoms with Gasteiger partial charge in [-0.25, -0.2) is 4.98 Å². The molecule has 3 rings (SSSR count). The van der Waals surface area contributed by atoms with Crippen LogP contribution in [0.4, 0.5) is 5.69 Å². The SMILES string of the molecule is COc1cc(OC)cc(C(NC(=O)c2cccc([N+](=O)[O-])c2C)c2nccn2C)c1. The lowest BCUT2D eigenvalue weighted by Gasteiger charge is -2.21. The van der Waals surface area contributed by atoms with Crippen LogP contribution in [0, 0.1) is 17.0 Å². The maximum atomic E-state index is 13.1. The van der Waals surface area contributed by atoms with Crippen molar-refractivity contribution in [2.75, 3.05) is 14.2 Å². The van der Waals surface area contributed by atoms with Crippen LogP contribution in [-0.4, -0.2) is 34.6 Å². The third-order valence-electron chi connectivity index (χ3n) is 4.85. The van der Waals surface area contributed by atoms with Crippen molar-refractivity contribution in [3.63, 3.8) is 0 Å². The van der Waals surface area contributed by atoms with Crippen LogP contribution in [0.25, 0.3) is 0 Å².